The normalized spacial score (nSPS) is 12.1. The van der Waals surface area contributed by atoms with Gasteiger partial charge in [0, 0.05) is 37.2 Å². The van der Waals surface area contributed by atoms with Crippen molar-refractivity contribution in [1.29, 1.82) is 0 Å². The number of hydrogen-bond acceptors (Lipinski definition) is 4. The van der Waals surface area contributed by atoms with Crippen LogP contribution in [0.1, 0.15) is 22.6 Å². The minimum atomic E-state index is -1.80. The van der Waals surface area contributed by atoms with Gasteiger partial charge in [-0.2, -0.15) is 0 Å². The Labute approximate surface area is 177 Å². The average Bonchev–Trinajstić information content (AvgIpc) is 2.72. The van der Waals surface area contributed by atoms with E-state index in [0.717, 1.165) is 18.7 Å². The molecule has 0 saturated heterocycles. The Kier molecular flexibility index (Phi) is 8.29. The summed E-state index contributed by atoms with van der Waals surface area (Å²) < 4.78 is 5.14. The summed E-state index contributed by atoms with van der Waals surface area (Å²) >= 11 is 6.19. The largest absolute Gasteiger partial charge is 0.633 e. The van der Waals surface area contributed by atoms with Crippen molar-refractivity contribution >= 4 is 18.9 Å². The topological polar surface area (TPSA) is 52.9 Å². The van der Waals surface area contributed by atoms with Gasteiger partial charge in [-0.15, -0.1) is 0 Å². The third-order valence-corrected chi connectivity index (χ3v) is 4.98. The lowest BCUT2D eigenvalue weighted by atomic mass is 9.98. The number of benzene rings is 3. The Morgan fingerprint density at radius 1 is 0.828 bits per heavy atom. The van der Waals surface area contributed by atoms with Crippen LogP contribution in [0.5, 0.6) is 0 Å². The molecule has 2 N–H and O–H groups in total. The highest BCUT2D eigenvalue weighted by Crippen LogP contribution is 2.23. The predicted molar refractivity (Wildman–Crippen MR) is 117 cm³/mol. The van der Waals surface area contributed by atoms with Crippen molar-refractivity contribution in [3.8, 4) is 0 Å². The van der Waals surface area contributed by atoms with Crippen molar-refractivity contribution in [2.75, 3.05) is 13.2 Å². The van der Waals surface area contributed by atoms with E-state index in [2.05, 4.69) is 29.2 Å². The van der Waals surface area contributed by atoms with Gasteiger partial charge < -0.3 is 14.7 Å². The van der Waals surface area contributed by atoms with E-state index < -0.39 is 7.32 Å². The van der Waals surface area contributed by atoms with Crippen LogP contribution in [0.25, 0.3) is 0 Å². The molecule has 0 heterocycles. The average molecular weight is 410 g/mol. The maximum Gasteiger partial charge on any atom is 0.633 e. The lowest BCUT2D eigenvalue weighted by Crippen LogP contribution is -2.31. The van der Waals surface area contributed by atoms with Crippen LogP contribution >= 0.6 is 11.6 Å². The summed E-state index contributed by atoms with van der Waals surface area (Å²) in [5, 5.41) is 19.0. The molecule has 29 heavy (non-hydrogen) atoms. The highest BCUT2D eigenvalue weighted by molar-refractivity contribution is 6.32. The van der Waals surface area contributed by atoms with E-state index in [9.17, 15) is 10.0 Å². The molecular formula is C23H25BClNO3. The lowest BCUT2D eigenvalue weighted by molar-refractivity contribution is 0.149. The van der Waals surface area contributed by atoms with E-state index in [1.54, 1.807) is 0 Å². The SMILES string of the molecule is OB(O)OCC(CN(Cc1ccccc1)Cc1ccccc1)c1cccc(Cl)c1. The first-order chi connectivity index (χ1) is 14.1. The Morgan fingerprint density at radius 3 is 1.93 bits per heavy atom. The second-order valence-electron chi connectivity index (χ2n) is 7.05. The van der Waals surface area contributed by atoms with Gasteiger partial charge in [0.2, 0.25) is 0 Å². The molecule has 3 aromatic carbocycles. The number of rotatable bonds is 10. The molecule has 0 bridgehead atoms. The van der Waals surface area contributed by atoms with Gasteiger partial charge >= 0.3 is 7.32 Å². The zero-order valence-corrected chi connectivity index (χ0v) is 16.9. The fraction of sp³-hybridized carbons (Fsp3) is 0.217. The molecular weight excluding hydrogens is 385 g/mol. The number of hydrogen-bond donors (Lipinski definition) is 2. The van der Waals surface area contributed by atoms with E-state index in [1.807, 2.05) is 60.7 Å². The van der Waals surface area contributed by atoms with Crippen molar-refractivity contribution in [2.24, 2.45) is 0 Å². The molecule has 0 fully saturated rings. The fourth-order valence-electron chi connectivity index (χ4n) is 3.40. The molecule has 4 nitrogen and oxygen atoms in total. The van der Waals surface area contributed by atoms with Crippen molar-refractivity contribution in [3.63, 3.8) is 0 Å². The summed E-state index contributed by atoms with van der Waals surface area (Å²) in [4.78, 5) is 2.34. The molecule has 0 radical (unpaired) electrons. The van der Waals surface area contributed by atoms with E-state index in [4.69, 9.17) is 16.3 Å². The molecule has 3 aromatic rings. The maximum atomic E-state index is 9.20. The summed E-state index contributed by atoms with van der Waals surface area (Å²) in [7, 11) is -1.80. The highest BCUT2D eigenvalue weighted by Gasteiger charge is 2.20. The van der Waals surface area contributed by atoms with Crippen molar-refractivity contribution in [1.82, 2.24) is 4.90 Å². The van der Waals surface area contributed by atoms with Crippen molar-refractivity contribution < 1.29 is 14.7 Å². The zero-order chi connectivity index (χ0) is 20.5. The summed E-state index contributed by atoms with van der Waals surface area (Å²) in [6, 6.07) is 28.2. The van der Waals surface area contributed by atoms with Gasteiger partial charge in [-0.3, -0.25) is 4.90 Å². The quantitative estimate of drug-likeness (QED) is 0.495. The van der Waals surface area contributed by atoms with Crippen LogP contribution in [0.3, 0.4) is 0 Å². The van der Waals surface area contributed by atoms with Crippen LogP contribution in [-0.4, -0.2) is 35.4 Å². The molecule has 0 aromatic heterocycles. The van der Waals surface area contributed by atoms with Gasteiger partial charge in [0.15, 0.2) is 0 Å². The first kappa shape index (κ1) is 21.6. The summed E-state index contributed by atoms with van der Waals surface area (Å²) in [5.41, 5.74) is 3.44. The summed E-state index contributed by atoms with van der Waals surface area (Å²) in [5.74, 6) is -0.0667. The molecule has 0 amide bonds. The molecule has 0 aliphatic rings. The van der Waals surface area contributed by atoms with Gasteiger partial charge in [0.1, 0.15) is 0 Å². The minimum Gasteiger partial charge on any atom is -0.402 e. The van der Waals surface area contributed by atoms with E-state index in [-0.39, 0.29) is 12.5 Å². The smallest absolute Gasteiger partial charge is 0.402 e. The molecule has 0 saturated carbocycles. The van der Waals surface area contributed by atoms with Crippen LogP contribution in [0, 0.1) is 0 Å². The molecule has 3 rings (SSSR count). The molecule has 0 aliphatic heterocycles. The van der Waals surface area contributed by atoms with Gasteiger partial charge in [-0.1, -0.05) is 84.4 Å². The first-order valence-corrected chi connectivity index (χ1v) is 10.0. The van der Waals surface area contributed by atoms with Gasteiger partial charge in [0.25, 0.3) is 0 Å². The Bertz CT molecular complexity index is 823. The fourth-order valence-corrected chi connectivity index (χ4v) is 3.60. The van der Waals surface area contributed by atoms with Gasteiger partial charge in [-0.05, 0) is 28.8 Å². The Hall–Kier alpha value is -2.15. The highest BCUT2D eigenvalue weighted by atomic mass is 35.5. The van der Waals surface area contributed by atoms with Gasteiger partial charge in [0.05, 0.1) is 0 Å². The van der Waals surface area contributed by atoms with E-state index in [1.165, 1.54) is 11.1 Å². The third kappa shape index (κ3) is 7.31. The van der Waals surface area contributed by atoms with Crippen LogP contribution in [0.15, 0.2) is 84.9 Å². The van der Waals surface area contributed by atoms with E-state index in [0.29, 0.717) is 11.6 Å². The van der Waals surface area contributed by atoms with Crippen LogP contribution < -0.4 is 0 Å². The molecule has 0 aliphatic carbocycles. The minimum absolute atomic E-state index is 0.0667. The standard InChI is InChI=1S/C23H25BClNO3/c25-23-13-7-12-21(14-23)22(18-29-24(27)28)17-26(15-19-8-3-1-4-9-19)16-20-10-5-2-6-11-20/h1-14,22,27-28H,15-18H2. The molecule has 1 unspecified atom stereocenters. The van der Waals surface area contributed by atoms with Gasteiger partial charge in [-0.25, -0.2) is 0 Å². The third-order valence-electron chi connectivity index (χ3n) is 4.74. The molecule has 1 atom stereocenters. The maximum absolute atomic E-state index is 9.20. The molecule has 0 spiro atoms. The lowest BCUT2D eigenvalue weighted by Gasteiger charge is -2.28. The number of nitrogens with zero attached hydrogens (tertiary/aromatic N) is 1. The molecule has 150 valence electrons. The van der Waals surface area contributed by atoms with Crippen LogP contribution in [-0.2, 0) is 17.7 Å². The second-order valence-corrected chi connectivity index (χ2v) is 7.49. The number of halogens is 1. The van der Waals surface area contributed by atoms with Crippen LogP contribution in [0.2, 0.25) is 5.02 Å². The first-order valence-electron chi connectivity index (χ1n) is 9.63. The Morgan fingerprint density at radius 2 is 1.41 bits per heavy atom. The van der Waals surface area contributed by atoms with Crippen molar-refractivity contribution in [3.05, 3.63) is 107 Å². The monoisotopic (exact) mass is 409 g/mol. The Balaban J connectivity index is 1.82. The van der Waals surface area contributed by atoms with Crippen LogP contribution in [0.4, 0.5) is 0 Å². The van der Waals surface area contributed by atoms with Crippen molar-refractivity contribution in [2.45, 2.75) is 19.0 Å². The predicted octanol–water partition coefficient (Wildman–Crippen LogP) is 4.11. The zero-order valence-electron chi connectivity index (χ0n) is 16.2. The van der Waals surface area contributed by atoms with E-state index >= 15 is 0 Å². The second kappa shape index (κ2) is 11.1. The summed E-state index contributed by atoms with van der Waals surface area (Å²) in [6.07, 6.45) is 0. The summed E-state index contributed by atoms with van der Waals surface area (Å²) in [6.45, 7) is 2.40. The molecule has 6 heteroatoms.